The summed E-state index contributed by atoms with van der Waals surface area (Å²) in [5.41, 5.74) is 4.61. The van der Waals surface area contributed by atoms with E-state index in [-0.39, 0.29) is 24.9 Å². The monoisotopic (exact) mass is 466 g/mol. The molecule has 1 aliphatic carbocycles. The Hall–Kier alpha value is -3.39. The number of hydrogen-bond donors (Lipinski definition) is 3. The van der Waals surface area contributed by atoms with Gasteiger partial charge in [0.2, 0.25) is 0 Å². The number of fused-ring (bicyclic) bond motifs is 3. The van der Waals surface area contributed by atoms with Crippen LogP contribution >= 0.6 is 0 Å². The first-order valence-electron chi connectivity index (χ1n) is 11.8. The minimum absolute atomic E-state index is 0.0294. The number of amides is 2. The van der Waals surface area contributed by atoms with Crippen LogP contribution in [0.4, 0.5) is 4.79 Å². The number of hydrogen-bond acceptors (Lipinski definition) is 5. The molecule has 8 heteroatoms. The van der Waals surface area contributed by atoms with E-state index in [9.17, 15) is 14.4 Å². The molecule has 3 N–H and O–H groups in total. The number of ether oxygens (including phenoxy) is 2. The quantitative estimate of drug-likeness (QED) is 0.462. The van der Waals surface area contributed by atoms with Crippen molar-refractivity contribution in [2.75, 3.05) is 19.8 Å². The molecule has 0 unspecified atom stereocenters. The summed E-state index contributed by atoms with van der Waals surface area (Å²) in [5, 5.41) is 14.3. The molecule has 8 nitrogen and oxygen atoms in total. The topological polar surface area (TPSA) is 114 Å². The number of aliphatic carboxylic acids is 1. The Bertz CT molecular complexity index is 994. The van der Waals surface area contributed by atoms with Crippen LogP contribution in [0.5, 0.6) is 0 Å². The molecule has 2 aromatic rings. The van der Waals surface area contributed by atoms with E-state index in [1.165, 1.54) is 0 Å². The maximum Gasteiger partial charge on any atom is 0.407 e. The van der Waals surface area contributed by atoms with Crippen molar-refractivity contribution in [2.45, 2.75) is 50.2 Å². The van der Waals surface area contributed by atoms with Crippen molar-refractivity contribution in [2.24, 2.45) is 0 Å². The van der Waals surface area contributed by atoms with Crippen molar-refractivity contribution in [3.8, 4) is 11.1 Å². The average molecular weight is 467 g/mol. The van der Waals surface area contributed by atoms with E-state index >= 15 is 0 Å². The number of alkyl carbamates (subject to hydrolysis) is 1. The highest BCUT2D eigenvalue weighted by molar-refractivity contribution is 5.83. The summed E-state index contributed by atoms with van der Waals surface area (Å²) >= 11 is 0. The highest BCUT2D eigenvalue weighted by atomic mass is 16.6. The molecule has 1 fully saturated rings. The van der Waals surface area contributed by atoms with E-state index in [2.05, 4.69) is 34.9 Å². The molecular weight excluding hydrogens is 436 g/mol. The van der Waals surface area contributed by atoms with E-state index < -0.39 is 24.2 Å². The van der Waals surface area contributed by atoms with Gasteiger partial charge in [-0.3, -0.25) is 9.59 Å². The van der Waals surface area contributed by atoms with Gasteiger partial charge in [-0.05, 0) is 41.5 Å². The largest absolute Gasteiger partial charge is 0.481 e. The molecular formula is C26H30N2O6. The molecule has 1 aliphatic heterocycles. The Labute approximate surface area is 198 Å². The summed E-state index contributed by atoms with van der Waals surface area (Å²) in [6, 6.07) is 15.8. The zero-order valence-corrected chi connectivity index (χ0v) is 19.0. The second-order valence-electron chi connectivity index (χ2n) is 8.65. The Morgan fingerprint density at radius 2 is 1.65 bits per heavy atom. The van der Waals surface area contributed by atoms with E-state index in [0.29, 0.717) is 32.4 Å². The molecule has 2 atom stereocenters. The average Bonchev–Trinajstić information content (AvgIpc) is 3.42. The number of carbonyl (C=O) groups is 3. The highest BCUT2D eigenvalue weighted by Gasteiger charge is 2.36. The van der Waals surface area contributed by atoms with Crippen LogP contribution in [0.2, 0.25) is 0 Å². The van der Waals surface area contributed by atoms with E-state index in [4.69, 9.17) is 14.6 Å². The summed E-state index contributed by atoms with van der Waals surface area (Å²) in [6.07, 6.45) is 1.32. The van der Waals surface area contributed by atoms with Gasteiger partial charge in [0.1, 0.15) is 6.61 Å². The van der Waals surface area contributed by atoms with Crippen molar-refractivity contribution in [3.05, 3.63) is 59.7 Å². The van der Waals surface area contributed by atoms with Gasteiger partial charge in [0.05, 0.1) is 6.04 Å². The predicted molar refractivity (Wildman–Crippen MR) is 125 cm³/mol. The lowest BCUT2D eigenvalue weighted by Crippen LogP contribution is -2.48. The number of benzene rings is 2. The van der Waals surface area contributed by atoms with Gasteiger partial charge in [-0.25, -0.2) is 4.79 Å². The maximum absolute atomic E-state index is 12.6. The summed E-state index contributed by atoms with van der Waals surface area (Å²) in [6.45, 7) is 1.03. The van der Waals surface area contributed by atoms with Gasteiger partial charge in [-0.1, -0.05) is 55.0 Å². The van der Waals surface area contributed by atoms with Crippen molar-refractivity contribution in [1.29, 1.82) is 0 Å². The van der Waals surface area contributed by atoms with Crippen molar-refractivity contribution < 1.29 is 29.0 Å². The maximum atomic E-state index is 12.6. The molecule has 2 amide bonds. The Kier molecular flexibility index (Phi) is 7.80. The normalized spacial score (nSPS) is 18.7. The Balaban J connectivity index is 1.25. The lowest BCUT2D eigenvalue weighted by atomic mass is 9.98. The first-order chi connectivity index (χ1) is 16.5. The molecule has 0 bridgehead atoms. The van der Waals surface area contributed by atoms with Gasteiger partial charge in [0, 0.05) is 25.5 Å². The van der Waals surface area contributed by atoms with Crippen molar-refractivity contribution in [3.63, 3.8) is 0 Å². The first kappa shape index (κ1) is 23.8. The third-order valence-electron chi connectivity index (χ3n) is 6.36. The smallest absolute Gasteiger partial charge is 0.407 e. The van der Waals surface area contributed by atoms with Gasteiger partial charge in [-0.2, -0.15) is 0 Å². The fourth-order valence-corrected chi connectivity index (χ4v) is 4.68. The number of carbonyl (C=O) groups excluding carboxylic acids is 2. The van der Waals surface area contributed by atoms with Crippen LogP contribution in [0.25, 0.3) is 11.1 Å². The lowest BCUT2D eigenvalue weighted by molar-refractivity contribution is -0.137. The fourth-order valence-electron chi connectivity index (χ4n) is 4.68. The molecule has 34 heavy (non-hydrogen) atoms. The van der Waals surface area contributed by atoms with Crippen LogP contribution in [-0.4, -0.2) is 55.0 Å². The van der Waals surface area contributed by atoms with Crippen LogP contribution < -0.4 is 10.6 Å². The van der Waals surface area contributed by atoms with Crippen molar-refractivity contribution >= 4 is 18.0 Å². The summed E-state index contributed by atoms with van der Waals surface area (Å²) in [4.78, 5) is 35.6. The molecule has 2 aliphatic rings. The van der Waals surface area contributed by atoms with Crippen LogP contribution in [0.3, 0.4) is 0 Å². The number of carboxylic acids is 1. The first-order valence-corrected chi connectivity index (χ1v) is 11.8. The Morgan fingerprint density at radius 3 is 2.32 bits per heavy atom. The van der Waals surface area contributed by atoms with Crippen LogP contribution in [0.1, 0.15) is 49.1 Å². The van der Waals surface area contributed by atoms with Gasteiger partial charge in [0.25, 0.3) is 5.91 Å². The van der Waals surface area contributed by atoms with Gasteiger partial charge < -0.3 is 25.2 Å². The highest BCUT2D eigenvalue weighted by Crippen LogP contribution is 2.44. The minimum Gasteiger partial charge on any atom is -0.481 e. The van der Waals surface area contributed by atoms with Gasteiger partial charge in [-0.15, -0.1) is 0 Å². The van der Waals surface area contributed by atoms with E-state index in [1.807, 2.05) is 24.3 Å². The molecule has 0 saturated carbocycles. The summed E-state index contributed by atoms with van der Waals surface area (Å²) in [7, 11) is 0. The third kappa shape index (κ3) is 5.56. The zero-order chi connectivity index (χ0) is 23.9. The summed E-state index contributed by atoms with van der Waals surface area (Å²) in [5.74, 6) is -1.12. The van der Waals surface area contributed by atoms with Crippen molar-refractivity contribution in [1.82, 2.24) is 10.6 Å². The standard InChI is InChI=1S/C26H30N2O6/c29-23(30)12-2-1-7-14-27-25(31)24-22(13-15-33-24)28-26(32)34-16-21-19-10-5-3-8-17(19)18-9-4-6-11-20(18)21/h3-6,8-11,21-22,24H,1-2,7,12-16H2,(H,27,31)(H,28,32)(H,29,30)/t22-,24+/m1/s1. The van der Waals surface area contributed by atoms with Crippen LogP contribution in [0, 0.1) is 0 Å². The second-order valence-corrected chi connectivity index (χ2v) is 8.65. The number of rotatable bonds is 10. The Morgan fingerprint density at radius 1 is 0.971 bits per heavy atom. The lowest BCUT2D eigenvalue weighted by Gasteiger charge is -2.20. The van der Waals surface area contributed by atoms with E-state index in [1.54, 1.807) is 0 Å². The van der Waals surface area contributed by atoms with Gasteiger partial charge in [0.15, 0.2) is 6.10 Å². The second kappa shape index (κ2) is 11.2. The molecule has 0 spiro atoms. The van der Waals surface area contributed by atoms with E-state index in [0.717, 1.165) is 28.7 Å². The predicted octanol–water partition coefficient (Wildman–Crippen LogP) is 3.44. The van der Waals surface area contributed by atoms with Crippen LogP contribution in [-0.2, 0) is 19.1 Å². The SMILES string of the molecule is O=C(O)CCCCCNC(=O)[C@H]1OCC[C@H]1NC(=O)OCC1c2ccccc2-c2ccccc21. The van der Waals surface area contributed by atoms with Gasteiger partial charge >= 0.3 is 12.1 Å². The number of unbranched alkanes of at least 4 members (excludes halogenated alkanes) is 2. The zero-order valence-electron chi connectivity index (χ0n) is 19.0. The number of nitrogens with one attached hydrogen (secondary N) is 2. The molecule has 1 saturated heterocycles. The molecule has 0 aromatic heterocycles. The minimum atomic E-state index is -0.814. The molecule has 4 rings (SSSR count). The summed E-state index contributed by atoms with van der Waals surface area (Å²) < 4.78 is 11.1. The molecule has 0 radical (unpaired) electrons. The fraction of sp³-hybridized carbons (Fsp3) is 0.423. The molecule has 180 valence electrons. The van der Waals surface area contributed by atoms with Crippen LogP contribution in [0.15, 0.2) is 48.5 Å². The third-order valence-corrected chi connectivity index (χ3v) is 6.36. The molecule has 2 aromatic carbocycles. The number of carboxylic acid groups (broad SMARTS) is 1. The molecule has 1 heterocycles.